The van der Waals surface area contributed by atoms with Gasteiger partial charge in [0.2, 0.25) is 0 Å². The molecule has 1 aliphatic rings. The summed E-state index contributed by atoms with van der Waals surface area (Å²) in [5.74, 6) is 0. The van der Waals surface area contributed by atoms with E-state index < -0.39 is 0 Å². The summed E-state index contributed by atoms with van der Waals surface area (Å²) in [6, 6.07) is 0. The lowest BCUT2D eigenvalue weighted by Gasteiger charge is -2.37. The van der Waals surface area contributed by atoms with Crippen LogP contribution in [-0.4, -0.2) is 35.8 Å². The predicted molar refractivity (Wildman–Crippen MR) is 73.1 cm³/mol. The first kappa shape index (κ1) is 14.3. The molecule has 0 spiro atoms. The van der Waals surface area contributed by atoms with Crippen LogP contribution in [-0.2, 0) is 0 Å². The molecule has 0 aromatic heterocycles. The molecule has 16 heavy (non-hydrogen) atoms. The highest BCUT2D eigenvalue weighted by molar-refractivity contribution is 7.99. The largest absolute Gasteiger partial charge is 0.396 e. The van der Waals surface area contributed by atoms with Crippen LogP contribution >= 0.6 is 11.8 Å². The number of nitrogens with one attached hydrogen (secondary N) is 1. The van der Waals surface area contributed by atoms with Gasteiger partial charge in [-0.3, -0.25) is 0 Å². The van der Waals surface area contributed by atoms with E-state index in [2.05, 4.69) is 25.4 Å². The van der Waals surface area contributed by atoms with Crippen LogP contribution < -0.4 is 5.32 Å². The van der Waals surface area contributed by atoms with Crippen LogP contribution in [0, 0.1) is 5.41 Å². The Labute approximate surface area is 105 Å². The number of rotatable bonds is 6. The van der Waals surface area contributed by atoms with Crippen molar-refractivity contribution in [2.45, 2.75) is 50.7 Å². The van der Waals surface area contributed by atoms with Crippen molar-refractivity contribution >= 4 is 11.8 Å². The number of aliphatic hydroxyl groups is 1. The van der Waals surface area contributed by atoms with Gasteiger partial charge in [0.1, 0.15) is 0 Å². The van der Waals surface area contributed by atoms with Crippen molar-refractivity contribution in [1.82, 2.24) is 5.32 Å². The first-order valence-corrected chi connectivity index (χ1v) is 7.63. The summed E-state index contributed by atoms with van der Waals surface area (Å²) in [5, 5.41) is 13.1. The molecule has 0 radical (unpaired) electrons. The van der Waals surface area contributed by atoms with Gasteiger partial charge in [-0.25, -0.2) is 0 Å². The van der Waals surface area contributed by atoms with Crippen molar-refractivity contribution in [3.8, 4) is 0 Å². The summed E-state index contributed by atoms with van der Waals surface area (Å²) in [4.78, 5) is 0. The molecule has 1 aliphatic carbocycles. The van der Waals surface area contributed by atoms with E-state index in [9.17, 15) is 5.11 Å². The van der Waals surface area contributed by atoms with Gasteiger partial charge in [0.15, 0.2) is 0 Å². The number of thioether (sulfide) groups is 1. The standard InChI is InChI=1S/C13H27NOS/c1-12(2,16-3)9-14-10-13(11-15)7-5-4-6-8-13/h14-15H,4-11H2,1-3H3. The van der Waals surface area contributed by atoms with Crippen molar-refractivity contribution in [2.24, 2.45) is 5.41 Å². The van der Waals surface area contributed by atoms with Gasteiger partial charge in [-0.1, -0.05) is 19.3 Å². The van der Waals surface area contributed by atoms with E-state index in [-0.39, 0.29) is 5.41 Å². The van der Waals surface area contributed by atoms with Crippen molar-refractivity contribution in [3.63, 3.8) is 0 Å². The lowest BCUT2D eigenvalue weighted by atomic mass is 9.74. The molecule has 0 atom stereocenters. The van der Waals surface area contributed by atoms with Gasteiger partial charge in [0.25, 0.3) is 0 Å². The van der Waals surface area contributed by atoms with Gasteiger partial charge in [0.05, 0.1) is 0 Å². The summed E-state index contributed by atoms with van der Waals surface area (Å²) >= 11 is 1.90. The second-order valence-electron chi connectivity index (χ2n) is 5.79. The molecular formula is C13H27NOS. The molecule has 0 aromatic rings. The monoisotopic (exact) mass is 245 g/mol. The third-order valence-electron chi connectivity index (χ3n) is 3.85. The van der Waals surface area contributed by atoms with E-state index in [4.69, 9.17) is 0 Å². The van der Waals surface area contributed by atoms with E-state index >= 15 is 0 Å². The molecule has 2 N–H and O–H groups in total. The third-order valence-corrected chi connectivity index (χ3v) is 5.10. The van der Waals surface area contributed by atoms with E-state index in [0.29, 0.717) is 11.4 Å². The van der Waals surface area contributed by atoms with Crippen LogP contribution in [0.5, 0.6) is 0 Å². The maximum atomic E-state index is 9.58. The minimum Gasteiger partial charge on any atom is -0.396 e. The zero-order chi connectivity index (χ0) is 12.1. The van der Waals surface area contributed by atoms with Crippen LogP contribution in [0.25, 0.3) is 0 Å². The smallest absolute Gasteiger partial charge is 0.0499 e. The Morgan fingerprint density at radius 3 is 2.38 bits per heavy atom. The van der Waals surface area contributed by atoms with Crippen LogP contribution in [0.4, 0.5) is 0 Å². The molecule has 0 amide bonds. The molecule has 1 saturated carbocycles. The zero-order valence-electron chi connectivity index (χ0n) is 11.0. The van der Waals surface area contributed by atoms with Crippen molar-refractivity contribution < 1.29 is 5.11 Å². The van der Waals surface area contributed by atoms with E-state index in [0.717, 1.165) is 13.1 Å². The SMILES string of the molecule is CSC(C)(C)CNCC1(CO)CCCCC1. The highest BCUT2D eigenvalue weighted by Gasteiger charge is 2.31. The summed E-state index contributed by atoms with van der Waals surface area (Å²) < 4.78 is 0.297. The Kier molecular flexibility index (Phi) is 5.62. The molecule has 3 heteroatoms. The Morgan fingerprint density at radius 1 is 1.25 bits per heavy atom. The molecule has 0 bridgehead atoms. The quantitative estimate of drug-likeness (QED) is 0.754. The van der Waals surface area contributed by atoms with Gasteiger partial charge >= 0.3 is 0 Å². The molecule has 1 rings (SSSR count). The Hall–Kier alpha value is 0.270. The molecule has 2 nitrogen and oxygen atoms in total. The lowest BCUT2D eigenvalue weighted by Crippen LogP contribution is -2.43. The molecule has 0 saturated heterocycles. The van der Waals surface area contributed by atoms with Gasteiger partial charge in [0, 0.05) is 29.9 Å². The summed E-state index contributed by atoms with van der Waals surface area (Å²) in [7, 11) is 0. The molecule has 0 heterocycles. The minimum atomic E-state index is 0.173. The van der Waals surface area contributed by atoms with Crippen molar-refractivity contribution in [3.05, 3.63) is 0 Å². The molecule has 0 aromatic carbocycles. The maximum absolute atomic E-state index is 9.58. The minimum absolute atomic E-state index is 0.173. The van der Waals surface area contributed by atoms with Gasteiger partial charge in [-0.05, 0) is 32.9 Å². The highest BCUT2D eigenvalue weighted by Crippen LogP contribution is 2.35. The Bertz CT molecular complexity index is 200. The third kappa shape index (κ3) is 4.27. The van der Waals surface area contributed by atoms with Crippen LogP contribution in [0.3, 0.4) is 0 Å². The van der Waals surface area contributed by atoms with E-state index in [1.807, 2.05) is 11.8 Å². The first-order valence-electron chi connectivity index (χ1n) is 6.40. The number of hydrogen-bond acceptors (Lipinski definition) is 3. The topological polar surface area (TPSA) is 32.3 Å². The number of hydrogen-bond donors (Lipinski definition) is 2. The highest BCUT2D eigenvalue weighted by atomic mass is 32.2. The fourth-order valence-corrected chi connectivity index (χ4v) is 2.64. The van der Waals surface area contributed by atoms with Crippen molar-refractivity contribution in [1.29, 1.82) is 0 Å². The Balaban J connectivity index is 2.33. The average Bonchev–Trinajstić information content (AvgIpc) is 2.30. The van der Waals surface area contributed by atoms with Crippen LogP contribution in [0.2, 0.25) is 0 Å². The average molecular weight is 245 g/mol. The fourth-order valence-electron chi connectivity index (χ4n) is 2.39. The number of aliphatic hydroxyl groups excluding tert-OH is 1. The lowest BCUT2D eigenvalue weighted by molar-refractivity contribution is 0.0811. The van der Waals surface area contributed by atoms with E-state index in [1.54, 1.807) is 0 Å². The van der Waals surface area contributed by atoms with Crippen LogP contribution in [0.1, 0.15) is 46.0 Å². The van der Waals surface area contributed by atoms with Gasteiger partial charge < -0.3 is 10.4 Å². The molecule has 0 unspecified atom stereocenters. The maximum Gasteiger partial charge on any atom is 0.0499 e. The van der Waals surface area contributed by atoms with Crippen LogP contribution in [0.15, 0.2) is 0 Å². The Morgan fingerprint density at radius 2 is 1.88 bits per heavy atom. The second kappa shape index (κ2) is 6.27. The second-order valence-corrected chi connectivity index (χ2v) is 7.30. The van der Waals surface area contributed by atoms with Crippen molar-refractivity contribution in [2.75, 3.05) is 26.0 Å². The normalized spacial score (nSPS) is 21.0. The molecular weight excluding hydrogens is 218 g/mol. The predicted octanol–water partition coefficient (Wildman–Crippen LogP) is 2.66. The fraction of sp³-hybridized carbons (Fsp3) is 1.00. The van der Waals surface area contributed by atoms with Gasteiger partial charge in [-0.2, -0.15) is 11.8 Å². The zero-order valence-corrected chi connectivity index (χ0v) is 11.8. The summed E-state index contributed by atoms with van der Waals surface area (Å²) in [5.41, 5.74) is 0.173. The molecule has 1 fully saturated rings. The van der Waals surface area contributed by atoms with Gasteiger partial charge in [-0.15, -0.1) is 0 Å². The first-order chi connectivity index (χ1) is 7.54. The summed E-state index contributed by atoms with van der Waals surface area (Å²) in [6.45, 7) is 6.87. The summed E-state index contributed by atoms with van der Waals surface area (Å²) in [6.07, 6.45) is 8.46. The molecule has 0 aliphatic heterocycles. The molecule has 96 valence electrons. The van der Waals surface area contributed by atoms with E-state index in [1.165, 1.54) is 32.1 Å².